The molecule has 0 aromatic heterocycles. The lowest BCUT2D eigenvalue weighted by molar-refractivity contribution is -0.123. The summed E-state index contributed by atoms with van der Waals surface area (Å²) in [7, 11) is -3.43. The van der Waals surface area contributed by atoms with Gasteiger partial charge in [0, 0.05) is 13.1 Å². The van der Waals surface area contributed by atoms with E-state index >= 15 is 0 Å². The van der Waals surface area contributed by atoms with E-state index in [1.807, 2.05) is 37.3 Å². The minimum atomic E-state index is -3.43. The molecule has 1 atom stereocenters. The Labute approximate surface area is 160 Å². The molecule has 2 aromatic carbocycles. The lowest BCUT2D eigenvalue weighted by Crippen LogP contribution is -2.31. The van der Waals surface area contributed by atoms with Crippen LogP contribution in [-0.4, -0.2) is 38.3 Å². The van der Waals surface area contributed by atoms with Crippen LogP contribution in [0.25, 0.3) is 0 Å². The van der Waals surface area contributed by atoms with Crippen molar-refractivity contribution in [2.24, 2.45) is 0 Å². The third-order valence-electron chi connectivity index (χ3n) is 4.57. The summed E-state index contributed by atoms with van der Waals surface area (Å²) in [6.07, 6.45) is 1.80. The van der Waals surface area contributed by atoms with Gasteiger partial charge < -0.3 is 10.1 Å². The van der Waals surface area contributed by atoms with Crippen molar-refractivity contribution in [2.45, 2.75) is 30.7 Å². The van der Waals surface area contributed by atoms with Crippen molar-refractivity contribution in [3.8, 4) is 5.75 Å². The molecule has 27 heavy (non-hydrogen) atoms. The number of sulfonamides is 1. The number of rotatable bonds is 7. The molecule has 0 unspecified atom stereocenters. The van der Waals surface area contributed by atoms with Crippen LogP contribution in [0.1, 0.15) is 31.4 Å². The van der Waals surface area contributed by atoms with Gasteiger partial charge in [0.15, 0.2) is 6.61 Å². The van der Waals surface area contributed by atoms with Gasteiger partial charge in [-0.1, -0.05) is 30.3 Å². The van der Waals surface area contributed by atoms with Gasteiger partial charge in [0.25, 0.3) is 5.91 Å². The van der Waals surface area contributed by atoms with Crippen LogP contribution in [0.5, 0.6) is 5.75 Å². The molecule has 1 N–H and O–H groups in total. The van der Waals surface area contributed by atoms with Crippen molar-refractivity contribution in [1.82, 2.24) is 9.62 Å². The van der Waals surface area contributed by atoms with E-state index in [1.165, 1.54) is 16.4 Å². The van der Waals surface area contributed by atoms with E-state index in [2.05, 4.69) is 5.32 Å². The van der Waals surface area contributed by atoms with E-state index in [0.29, 0.717) is 18.8 Å². The fourth-order valence-electron chi connectivity index (χ4n) is 3.04. The number of carbonyl (C=O) groups excluding carboxylic acids is 1. The zero-order valence-corrected chi connectivity index (χ0v) is 16.1. The first-order chi connectivity index (χ1) is 13.0. The summed E-state index contributed by atoms with van der Waals surface area (Å²) in [5, 5.41) is 2.87. The van der Waals surface area contributed by atoms with Gasteiger partial charge in [-0.3, -0.25) is 4.79 Å². The van der Waals surface area contributed by atoms with Crippen molar-refractivity contribution < 1.29 is 17.9 Å². The maximum absolute atomic E-state index is 12.5. The monoisotopic (exact) mass is 388 g/mol. The Kier molecular flexibility index (Phi) is 6.13. The van der Waals surface area contributed by atoms with Gasteiger partial charge in [0.1, 0.15) is 5.75 Å². The number of nitrogens with zero attached hydrogens (tertiary/aromatic N) is 1. The van der Waals surface area contributed by atoms with Gasteiger partial charge in [-0.2, -0.15) is 4.31 Å². The summed E-state index contributed by atoms with van der Waals surface area (Å²) in [5.74, 6) is 0.220. The third kappa shape index (κ3) is 4.87. The maximum Gasteiger partial charge on any atom is 0.258 e. The topological polar surface area (TPSA) is 75.7 Å². The molecule has 0 spiro atoms. The first kappa shape index (κ1) is 19.4. The Morgan fingerprint density at radius 1 is 1.07 bits per heavy atom. The van der Waals surface area contributed by atoms with Crippen molar-refractivity contribution >= 4 is 15.9 Å². The smallest absolute Gasteiger partial charge is 0.258 e. The van der Waals surface area contributed by atoms with Crippen molar-refractivity contribution in [1.29, 1.82) is 0 Å². The molecular weight excluding hydrogens is 364 g/mol. The minimum absolute atomic E-state index is 0.115. The van der Waals surface area contributed by atoms with E-state index in [1.54, 1.807) is 12.1 Å². The van der Waals surface area contributed by atoms with Gasteiger partial charge in [0.2, 0.25) is 10.0 Å². The summed E-state index contributed by atoms with van der Waals surface area (Å²) in [4.78, 5) is 12.3. The largest absolute Gasteiger partial charge is 0.484 e. The molecule has 1 fully saturated rings. The molecule has 2 aromatic rings. The van der Waals surface area contributed by atoms with E-state index in [-0.39, 0.29) is 23.5 Å². The summed E-state index contributed by atoms with van der Waals surface area (Å²) in [6, 6.07) is 15.8. The Morgan fingerprint density at radius 3 is 2.33 bits per heavy atom. The second-order valence-corrected chi connectivity index (χ2v) is 8.51. The standard InChI is InChI=1S/C20H24N2O4S/c1-16(17-7-3-2-4-8-17)21-20(23)15-26-18-9-11-19(12-10-18)27(24,25)22-13-5-6-14-22/h2-4,7-12,16H,5-6,13-15H2,1H3,(H,21,23)/t16-/m1/s1. The van der Waals surface area contributed by atoms with Crippen LogP contribution in [0.3, 0.4) is 0 Å². The third-order valence-corrected chi connectivity index (χ3v) is 6.49. The van der Waals surface area contributed by atoms with Gasteiger partial charge in [-0.05, 0) is 49.6 Å². The SMILES string of the molecule is C[C@@H](NC(=O)COc1ccc(S(=O)(=O)N2CCCC2)cc1)c1ccccc1. The molecule has 7 heteroatoms. The lowest BCUT2D eigenvalue weighted by atomic mass is 10.1. The fourth-order valence-corrected chi connectivity index (χ4v) is 4.56. The van der Waals surface area contributed by atoms with Crippen molar-refractivity contribution in [2.75, 3.05) is 19.7 Å². The van der Waals surface area contributed by atoms with Crippen LogP contribution >= 0.6 is 0 Å². The Balaban J connectivity index is 1.53. The summed E-state index contributed by atoms with van der Waals surface area (Å²) < 4.78 is 32.0. The van der Waals surface area contributed by atoms with Gasteiger partial charge in [-0.15, -0.1) is 0 Å². The highest BCUT2D eigenvalue weighted by atomic mass is 32.2. The molecule has 1 saturated heterocycles. The van der Waals surface area contributed by atoms with E-state index in [4.69, 9.17) is 4.74 Å². The van der Waals surface area contributed by atoms with Gasteiger partial charge in [0.05, 0.1) is 10.9 Å². The Morgan fingerprint density at radius 2 is 1.70 bits per heavy atom. The number of nitrogens with one attached hydrogen (secondary N) is 1. The molecule has 0 radical (unpaired) electrons. The quantitative estimate of drug-likeness (QED) is 0.791. The second kappa shape index (κ2) is 8.54. The number of hydrogen-bond acceptors (Lipinski definition) is 4. The zero-order valence-electron chi connectivity index (χ0n) is 15.3. The molecule has 144 valence electrons. The van der Waals surface area contributed by atoms with Crippen molar-refractivity contribution in [3.63, 3.8) is 0 Å². The lowest BCUT2D eigenvalue weighted by Gasteiger charge is -2.16. The van der Waals surface area contributed by atoms with Crippen LogP contribution in [0, 0.1) is 0 Å². The summed E-state index contributed by atoms with van der Waals surface area (Å²) in [5.41, 5.74) is 1.02. The number of amides is 1. The number of hydrogen-bond donors (Lipinski definition) is 1. The molecule has 3 rings (SSSR count). The maximum atomic E-state index is 12.5. The van der Waals surface area contributed by atoms with Gasteiger partial charge in [-0.25, -0.2) is 8.42 Å². The zero-order chi connectivity index (χ0) is 19.3. The number of benzene rings is 2. The highest BCUT2D eigenvalue weighted by molar-refractivity contribution is 7.89. The highest BCUT2D eigenvalue weighted by Gasteiger charge is 2.26. The average molecular weight is 388 g/mol. The fraction of sp³-hybridized carbons (Fsp3) is 0.350. The summed E-state index contributed by atoms with van der Waals surface area (Å²) in [6.45, 7) is 2.92. The highest BCUT2D eigenvalue weighted by Crippen LogP contribution is 2.23. The molecule has 0 bridgehead atoms. The first-order valence-electron chi connectivity index (χ1n) is 9.04. The molecule has 0 aliphatic carbocycles. The van der Waals surface area contributed by atoms with Crippen LogP contribution in [0.4, 0.5) is 0 Å². The molecule has 1 amide bonds. The molecule has 1 aliphatic heterocycles. The molecular formula is C20H24N2O4S. The average Bonchev–Trinajstić information content (AvgIpc) is 3.23. The molecule has 1 aliphatic rings. The first-order valence-corrected chi connectivity index (χ1v) is 10.5. The number of carbonyl (C=O) groups is 1. The predicted octanol–water partition coefficient (Wildman–Crippen LogP) is 2.73. The Bertz CT molecular complexity index is 861. The van der Waals surface area contributed by atoms with Crippen LogP contribution in [0.2, 0.25) is 0 Å². The predicted molar refractivity (Wildman–Crippen MR) is 103 cm³/mol. The Hall–Kier alpha value is -2.38. The summed E-state index contributed by atoms with van der Waals surface area (Å²) >= 11 is 0. The molecule has 1 heterocycles. The van der Waals surface area contributed by atoms with E-state index < -0.39 is 10.0 Å². The van der Waals surface area contributed by atoms with Crippen LogP contribution < -0.4 is 10.1 Å². The van der Waals surface area contributed by atoms with E-state index in [0.717, 1.165) is 18.4 Å². The van der Waals surface area contributed by atoms with Gasteiger partial charge >= 0.3 is 0 Å². The van der Waals surface area contributed by atoms with Crippen LogP contribution in [-0.2, 0) is 14.8 Å². The number of ether oxygens (including phenoxy) is 1. The normalized spacial score (nSPS) is 16.0. The molecule has 6 nitrogen and oxygen atoms in total. The van der Waals surface area contributed by atoms with E-state index in [9.17, 15) is 13.2 Å². The second-order valence-electron chi connectivity index (χ2n) is 6.57. The molecule has 0 saturated carbocycles. The minimum Gasteiger partial charge on any atom is -0.484 e. The van der Waals surface area contributed by atoms with Crippen LogP contribution in [0.15, 0.2) is 59.5 Å². The van der Waals surface area contributed by atoms with Crippen molar-refractivity contribution in [3.05, 3.63) is 60.2 Å².